The Hall–Kier alpha value is -1.63. The number of hydrogen-bond acceptors (Lipinski definition) is 6. The van der Waals surface area contributed by atoms with Crippen molar-refractivity contribution in [2.75, 3.05) is 26.2 Å². The van der Waals surface area contributed by atoms with Gasteiger partial charge in [0, 0.05) is 6.42 Å². The van der Waals surface area contributed by atoms with Crippen molar-refractivity contribution in [1.29, 1.82) is 0 Å². The molecule has 0 aromatic carbocycles. The Labute approximate surface area is 367 Å². The summed E-state index contributed by atoms with van der Waals surface area (Å²) in [5.74, 6) is 1.68. The van der Waals surface area contributed by atoms with Gasteiger partial charge < -0.3 is 14.6 Å². The van der Waals surface area contributed by atoms with Crippen LogP contribution in [0.3, 0.4) is 0 Å². The van der Waals surface area contributed by atoms with Gasteiger partial charge in [-0.2, -0.15) is 0 Å². The summed E-state index contributed by atoms with van der Waals surface area (Å²) in [6.45, 7) is 12.1. The first-order valence-electron chi connectivity index (χ1n) is 26.1. The molecule has 1 aliphatic heterocycles. The number of ether oxygens (including phenoxy) is 2. The molecule has 0 aromatic rings. The number of hydrogen-bond donors (Lipinski definition) is 1. The summed E-state index contributed by atoms with van der Waals surface area (Å²) in [6, 6.07) is 0. The second-order valence-corrected chi connectivity index (χ2v) is 18.3. The lowest BCUT2D eigenvalue weighted by Gasteiger charge is -2.26. The van der Waals surface area contributed by atoms with E-state index in [0.717, 1.165) is 57.5 Å². The Balaban J connectivity index is 0.0000108. The molecular weight excluding hydrogens is 735 g/mol. The Morgan fingerprint density at radius 1 is 0.492 bits per heavy atom. The van der Waals surface area contributed by atoms with E-state index in [1.807, 2.05) is 0 Å². The van der Waals surface area contributed by atoms with E-state index >= 15 is 0 Å². The summed E-state index contributed by atoms with van der Waals surface area (Å²) in [7, 11) is 0. The highest BCUT2D eigenvalue weighted by molar-refractivity contribution is 5.71. The summed E-state index contributed by atoms with van der Waals surface area (Å²) in [5, 5.41) is 6.89. The topological polar surface area (TPSA) is 93.1 Å². The highest BCUT2D eigenvalue weighted by atomic mass is 16.5. The van der Waals surface area contributed by atoms with Crippen molar-refractivity contribution in [1.82, 2.24) is 4.90 Å². The molecule has 1 atom stereocenters. The van der Waals surface area contributed by atoms with Crippen molar-refractivity contribution < 1.29 is 29.0 Å². The number of rotatable bonds is 42. The van der Waals surface area contributed by atoms with Gasteiger partial charge in [0.15, 0.2) is 0 Å². The van der Waals surface area contributed by atoms with Gasteiger partial charge in [-0.15, -0.1) is 0 Å². The van der Waals surface area contributed by atoms with E-state index in [1.54, 1.807) is 0 Å². The molecule has 1 fully saturated rings. The lowest BCUT2D eigenvalue weighted by molar-refractivity contribution is -0.151. The highest BCUT2D eigenvalue weighted by Crippen LogP contribution is 2.25. The third-order valence-electron chi connectivity index (χ3n) is 12.8. The van der Waals surface area contributed by atoms with E-state index in [2.05, 4.69) is 32.6 Å². The van der Waals surface area contributed by atoms with Crippen LogP contribution < -0.4 is 0 Å². The molecular formula is C52H101NO6. The maximum atomic E-state index is 12.9. The van der Waals surface area contributed by atoms with Crippen molar-refractivity contribution in [3.8, 4) is 0 Å². The molecule has 0 saturated carbocycles. The highest BCUT2D eigenvalue weighted by Gasteiger charge is 2.19. The standard InChI is InChI=1S/C51H99NO4.CH2O2/c1-5-9-24-34-47(35-25-10-6-2)38-28-19-15-13-14-16-20-29-39-49(56-51(54)46-52-43-32-23-33-44-52)40-30-21-17-18-22-31-41-50(53)55-45-42-48(36-26-11-7-3)37-27-12-8-4;2-1-3/h47-49H,5-46H2,1-4H3;1H,(H,2,3). The lowest BCUT2D eigenvalue weighted by atomic mass is 9.90. The van der Waals surface area contributed by atoms with Gasteiger partial charge in [-0.3, -0.25) is 19.3 Å². The maximum Gasteiger partial charge on any atom is 0.320 e. The van der Waals surface area contributed by atoms with E-state index in [0.29, 0.717) is 25.5 Å². The van der Waals surface area contributed by atoms with E-state index in [4.69, 9.17) is 19.4 Å². The van der Waals surface area contributed by atoms with E-state index in [-0.39, 0.29) is 24.5 Å². The van der Waals surface area contributed by atoms with Crippen LogP contribution in [-0.2, 0) is 23.9 Å². The van der Waals surface area contributed by atoms with Gasteiger partial charge in [-0.05, 0) is 76.3 Å². The van der Waals surface area contributed by atoms with Gasteiger partial charge in [0.05, 0.1) is 13.2 Å². The largest absolute Gasteiger partial charge is 0.483 e. The van der Waals surface area contributed by atoms with Gasteiger partial charge in [0.2, 0.25) is 0 Å². The smallest absolute Gasteiger partial charge is 0.320 e. The third kappa shape index (κ3) is 40.2. The average Bonchev–Trinajstić information content (AvgIpc) is 3.22. The molecule has 350 valence electrons. The van der Waals surface area contributed by atoms with Crippen molar-refractivity contribution in [2.45, 2.75) is 278 Å². The van der Waals surface area contributed by atoms with Crippen LogP contribution in [0.25, 0.3) is 0 Å². The van der Waals surface area contributed by atoms with Crippen LogP contribution in [-0.4, -0.2) is 60.8 Å². The van der Waals surface area contributed by atoms with E-state index in [9.17, 15) is 9.59 Å². The minimum atomic E-state index is -0.250. The number of likely N-dealkylation sites (tertiary alicyclic amines) is 1. The van der Waals surface area contributed by atoms with E-state index < -0.39 is 0 Å². The molecule has 1 heterocycles. The predicted molar refractivity (Wildman–Crippen MR) is 251 cm³/mol. The Kier molecular flexibility index (Phi) is 44.6. The van der Waals surface area contributed by atoms with Crippen molar-refractivity contribution >= 4 is 18.4 Å². The molecule has 1 unspecified atom stereocenters. The molecule has 0 aromatic heterocycles. The summed E-state index contributed by atoms with van der Waals surface area (Å²) in [4.78, 5) is 36.0. The molecule has 0 radical (unpaired) electrons. The Bertz CT molecular complexity index is 872. The van der Waals surface area contributed by atoms with Crippen LogP contribution in [0.2, 0.25) is 0 Å². The van der Waals surface area contributed by atoms with Crippen LogP contribution in [0.4, 0.5) is 0 Å². The zero-order chi connectivity index (χ0) is 43.3. The first-order chi connectivity index (χ1) is 28.9. The van der Waals surface area contributed by atoms with Crippen molar-refractivity contribution in [2.24, 2.45) is 11.8 Å². The Morgan fingerprint density at radius 2 is 0.847 bits per heavy atom. The van der Waals surface area contributed by atoms with Gasteiger partial charge in [0.1, 0.15) is 6.10 Å². The molecule has 1 rings (SSSR count). The van der Waals surface area contributed by atoms with Gasteiger partial charge in [0.25, 0.3) is 6.47 Å². The van der Waals surface area contributed by atoms with Crippen LogP contribution in [0.1, 0.15) is 272 Å². The minimum absolute atomic E-state index is 0.00485. The zero-order valence-electron chi connectivity index (χ0n) is 39.9. The summed E-state index contributed by atoms with van der Waals surface area (Å²) in [5.41, 5.74) is 0. The minimum Gasteiger partial charge on any atom is -0.483 e. The quantitative estimate of drug-likeness (QED) is 0.0372. The molecule has 0 spiro atoms. The molecule has 0 amide bonds. The summed E-state index contributed by atoms with van der Waals surface area (Å²) >= 11 is 0. The fourth-order valence-corrected chi connectivity index (χ4v) is 9.01. The van der Waals surface area contributed by atoms with Gasteiger partial charge in [-0.1, -0.05) is 214 Å². The zero-order valence-corrected chi connectivity index (χ0v) is 39.9. The molecule has 0 aliphatic carbocycles. The third-order valence-corrected chi connectivity index (χ3v) is 12.8. The van der Waals surface area contributed by atoms with Crippen molar-refractivity contribution in [3.05, 3.63) is 0 Å². The molecule has 1 saturated heterocycles. The number of carbonyl (C=O) groups excluding carboxylic acids is 2. The average molecular weight is 836 g/mol. The lowest BCUT2D eigenvalue weighted by Crippen LogP contribution is -2.36. The molecule has 0 bridgehead atoms. The molecule has 1 N–H and O–H groups in total. The number of piperidine rings is 1. The molecule has 1 aliphatic rings. The first kappa shape index (κ1) is 57.4. The van der Waals surface area contributed by atoms with Gasteiger partial charge >= 0.3 is 11.9 Å². The first-order valence-corrected chi connectivity index (χ1v) is 26.1. The van der Waals surface area contributed by atoms with Gasteiger partial charge in [-0.25, -0.2) is 0 Å². The maximum absolute atomic E-state index is 12.9. The predicted octanol–water partition coefficient (Wildman–Crippen LogP) is 15.6. The SMILES string of the molecule is CCCCCC(CCCCC)CCCCCCCCCCC(CCCCCCCCC(=O)OCCC(CCCCC)CCCCC)OC(=O)CN1CCCCC1.O=CO. The number of carbonyl (C=O) groups is 3. The van der Waals surface area contributed by atoms with Crippen LogP contribution in [0, 0.1) is 11.8 Å². The number of unbranched alkanes of at least 4 members (excludes halogenated alkanes) is 20. The van der Waals surface area contributed by atoms with Crippen LogP contribution in [0.5, 0.6) is 0 Å². The number of esters is 2. The molecule has 59 heavy (non-hydrogen) atoms. The normalized spacial score (nSPS) is 13.7. The molecule has 7 nitrogen and oxygen atoms in total. The van der Waals surface area contributed by atoms with Crippen LogP contribution in [0.15, 0.2) is 0 Å². The monoisotopic (exact) mass is 836 g/mol. The summed E-state index contributed by atoms with van der Waals surface area (Å²) < 4.78 is 11.8. The Morgan fingerprint density at radius 3 is 1.27 bits per heavy atom. The molecule has 7 heteroatoms. The van der Waals surface area contributed by atoms with Crippen molar-refractivity contribution in [3.63, 3.8) is 0 Å². The summed E-state index contributed by atoms with van der Waals surface area (Å²) in [6.07, 6.45) is 47.9. The second kappa shape index (κ2) is 45.9. The fraction of sp³-hybridized carbons (Fsp3) is 0.942. The second-order valence-electron chi connectivity index (χ2n) is 18.3. The number of carboxylic acid groups (broad SMARTS) is 1. The number of nitrogens with zero attached hydrogens (tertiary/aromatic N) is 1. The fourth-order valence-electron chi connectivity index (χ4n) is 9.01. The van der Waals surface area contributed by atoms with E-state index in [1.165, 1.54) is 199 Å². The van der Waals surface area contributed by atoms with Crippen LogP contribution >= 0.6 is 0 Å².